The summed E-state index contributed by atoms with van der Waals surface area (Å²) in [5.74, 6) is -0.693. The van der Waals surface area contributed by atoms with Gasteiger partial charge in [-0.3, -0.25) is 4.90 Å². The van der Waals surface area contributed by atoms with E-state index in [9.17, 15) is 22.8 Å². The number of allylic oxidation sites excluding steroid dienone is 1. The molecule has 0 aromatic heterocycles. The molecule has 0 fully saturated rings. The van der Waals surface area contributed by atoms with Crippen molar-refractivity contribution in [3.8, 4) is 0 Å². The van der Waals surface area contributed by atoms with Crippen LogP contribution in [-0.2, 0) is 15.7 Å². The smallest absolute Gasteiger partial charge is 0.416 e. The topological polar surface area (TPSA) is 58.6 Å². The summed E-state index contributed by atoms with van der Waals surface area (Å²) < 4.78 is 44.1. The molecule has 0 saturated carbocycles. The third-order valence-corrected chi connectivity index (χ3v) is 3.95. The Bertz CT molecular complexity index is 756. The van der Waals surface area contributed by atoms with Gasteiger partial charge < -0.3 is 10.1 Å². The maximum Gasteiger partial charge on any atom is 0.416 e. The molecule has 0 unspecified atom stereocenters. The van der Waals surface area contributed by atoms with Crippen molar-refractivity contribution in [2.75, 3.05) is 13.2 Å². The van der Waals surface area contributed by atoms with Gasteiger partial charge in [0.1, 0.15) is 0 Å². The molecule has 26 heavy (non-hydrogen) atoms. The molecule has 8 heteroatoms. The Balaban J connectivity index is 2.57. The molecule has 0 bridgehead atoms. The summed E-state index contributed by atoms with van der Waals surface area (Å²) in [6.07, 6.45) is -3.05. The monoisotopic (exact) mass is 368 g/mol. The van der Waals surface area contributed by atoms with Crippen molar-refractivity contribution in [2.24, 2.45) is 0 Å². The Morgan fingerprint density at radius 1 is 1.42 bits per heavy atom. The van der Waals surface area contributed by atoms with E-state index in [4.69, 9.17) is 4.74 Å². The second-order valence-corrected chi connectivity index (χ2v) is 5.62. The van der Waals surface area contributed by atoms with E-state index in [1.165, 1.54) is 23.1 Å². The van der Waals surface area contributed by atoms with Gasteiger partial charge in [-0.1, -0.05) is 18.2 Å². The number of esters is 1. The lowest BCUT2D eigenvalue weighted by atomic mass is 9.93. The van der Waals surface area contributed by atoms with Crippen molar-refractivity contribution < 1.29 is 27.5 Å². The number of urea groups is 1. The molecule has 1 aromatic rings. The zero-order chi connectivity index (χ0) is 19.5. The van der Waals surface area contributed by atoms with Crippen LogP contribution in [0.1, 0.15) is 31.0 Å². The van der Waals surface area contributed by atoms with Crippen molar-refractivity contribution in [1.82, 2.24) is 10.2 Å². The van der Waals surface area contributed by atoms with E-state index in [1.54, 1.807) is 13.8 Å². The highest BCUT2D eigenvalue weighted by molar-refractivity contribution is 5.95. The molecule has 0 aliphatic carbocycles. The third-order valence-electron chi connectivity index (χ3n) is 3.95. The number of hydrogen-bond acceptors (Lipinski definition) is 3. The van der Waals surface area contributed by atoms with Crippen LogP contribution in [-0.4, -0.2) is 30.1 Å². The highest BCUT2D eigenvalue weighted by Gasteiger charge is 2.37. The molecule has 0 radical (unpaired) electrons. The highest BCUT2D eigenvalue weighted by atomic mass is 19.4. The summed E-state index contributed by atoms with van der Waals surface area (Å²) in [7, 11) is 0. The zero-order valence-corrected chi connectivity index (χ0v) is 14.4. The number of carbonyl (C=O) groups is 2. The Kier molecular flexibility index (Phi) is 5.74. The lowest BCUT2D eigenvalue weighted by Gasteiger charge is -2.35. The van der Waals surface area contributed by atoms with E-state index in [1.807, 2.05) is 0 Å². The Hall–Kier alpha value is -2.77. The molecule has 1 N–H and O–H groups in total. The largest absolute Gasteiger partial charge is 0.463 e. The van der Waals surface area contributed by atoms with Gasteiger partial charge in [0.2, 0.25) is 0 Å². The Morgan fingerprint density at radius 2 is 2.12 bits per heavy atom. The number of rotatable bonds is 5. The molecule has 2 amide bonds. The van der Waals surface area contributed by atoms with Gasteiger partial charge in [-0.25, -0.2) is 9.59 Å². The predicted octanol–water partition coefficient (Wildman–Crippen LogP) is 3.79. The van der Waals surface area contributed by atoms with E-state index in [-0.39, 0.29) is 24.3 Å². The molecule has 5 nitrogen and oxygen atoms in total. The second kappa shape index (κ2) is 7.63. The first-order valence-electron chi connectivity index (χ1n) is 7.94. The minimum atomic E-state index is -4.54. The summed E-state index contributed by atoms with van der Waals surface area (Å²) in [4.78, 5) is 26.1. The first-order chi connectivity index (χ1) is 12.2. The van der Waals surface area contributed by atoms with Crippen LogP contribution in [0.25, 0.3) is 0 Å². The number of halogens is 3. The number of carbonyl (C=O) groups excluding carboxylic acids is 2. The van der Waals surface area contributed by atoms with Crippen molar-refractivity contribution in [3.05, 3.63) is 59.3 Å². The maximum atomic E-state index is 13.0. The molecule has 1 aliphatic rings. The predicted molar refractivity (Wildman–Crippen MR) is 89.0 cm³/mol. The fraction of sp³-hybridized carbons (Fsp3) is 0.333. The summed E-state index contributed by atoms with van der Waals surface area (Å²) >= 11 is 0. The lowest BCUT2D eigenvalue weighted by Crippen LogP contribution is -2.48. The zero-order valence-electron chi connectivity index (χ0n) is 14.4. The molecular weight excluding hydrogens is 349 g/mol. The lowest BCUT2D eigenvalue weighted by molar-refractivity contribution is -0.139. The number of ether oxygens (including phenoxy) is 1. The number of hydrogen-bond donors (Lipinski definition) is 1. The van der Waals surface area contributed by atoms with Crippen molar-refractivity contribution >= 4 is 12.0 Å². The second-order valence-electron chi connectivity index (χ2n) is 5.62. The quantitative estimate of drug-likeness (QED) is 0.635. The van der Waals surface area contributed by atoms with E-state index >= 15 is 0 Å². The van der Waals surface area contributed by atoms with Crippen LogP contribution in [0.5, 0.6) is 0 Å². The third kappa shape index (κ3) is 3.89. The number of nitrogens with zero attached hydrogens (tertiary/aromatic N) is 1. The molecule has 0 saturated heterocycles. The van der Waals surface area contributed by atoms with E-state index in [0.29, 0.717) is 5.70 Å². The van der Waals surface area contributed by atoms with Gasteiger partial charge in [0.05, 0.1) is 23.8 Å². The number of nitrogens with one attached hydrogen (secondary N) is 1. The van der Waals surface area contributed by atoms with Crippen molar-refractivity contribution in [3.63, 3.8) is 0 Å². The molecule has 1 aliphatic heterocycles. The van der Waals surface area contributed by atoms with Gasteiger partial charge in [-0.15, -0.1) is 6.58 Å². The van der Waals surface area contributed by atoms with Gasteiger partial charge in [0, 0.05) is 12.2 Å². The molecule has 2 rings (SSSR count). The summed E-state index contributed by atoms with van der Waals surface area (Å²) in [5, 5.41) is 2.58. The summed E-state index contributed by atoms with van der Waals surface area (Å²) in [6.45, 7) is 6.98. The minimum absolute atomic E-state index is 0.0904. The average Bonchev–Trinajstić information content (AvgIpc) is 2.57. The number of amides is 2. The van der Waals surface area contributed by atoms with E-state index in [0.717, 1.165) is 12.1 Å². The van der Waals surface area contributed by atoms with Crippen LogP contribution in [0.4, 0.5) is 18.0 Å². The van der Waals surface area contributed by atoms with Gasteiger partial charge in [-0.2, -0.15) is 13.2 Å². The van der Waals surface area contributed by atoms with E-state index in [2.05, 4.69) is 11.9 Å². The highest BCUT2D eigenvalue weighted by Crippen LogP contribution is 2.35. The molecular formula is C18H19F3N2O3. The van der Waals surface area contributed by atoms with Crippen LogP contribution in [0, 0.1) is 0 Å². The first kappa shape index (κ1) is 19.6. The van der Waals surface area contributed by atoms with Gasteiger partial charge in [0.25, 0.3) is 0 Å². The molecule has 1 heterocycles. The SMILES string of the molecule is C=CCN1C(=O)N[C@H](c2cccc(C(F)(F)F)c2)C(C(=O)OCC)=C1C. The first-order valence-corrected chi connectivity index (χ1v) is 7.94. The van der Waals surface area contributed by atoms with Crippen LogP contribution in [0.3, 0.4) is 0 Å². The fourth-order valence-electron chi connectivity index (χ4n) is 2.75. The minimum Gasteiger partial charge on any atom is -0.463 e. The van der Waals surface area contributed by atoms with Gasteiger partial charge in [0.15, 0.2) is 0 Å². The van der Waals surface area contributed by atoms with Crippen LogP contribution < -0.4 is 5.32 Å². The fourth-order valence-corrected chi connectivity index (χ4v) is 2.75. The summed E-state index contributed by atoms with van der Waals surface area (Å²) in [6, 6.07) is 2.94. The van der Waals surface area contributed by atoms with E-state index < -0.39 is 29.8 Å². The van der Waals surface area contributed by atoms with Gasteiger partial charge in [-0.05, 0) is 31.5 Å². The number of benzene rings is 1. The molecule has 1 atom stereocenters. The number of alkyl halides is 3. The summed E-state index contributed by atoms with van der Waals surface area (Å²) in [5.41, 5.74) is -0.311. The van der Waals surface area contributed by atoms with Gasteiger partial charge >= 0.3 is 18.2 Å². The maximum absolute atomic E-state index is 13.0. The normalized spacial score (nSPS) is 17.8. The van der Waals surface area contributed by atoms with Crippen molar-refractivity contribution in [1.29, 1.82) is 0 Å². The average molecular weight is 368 g/mol. The van der Waals surface area contributed by atoms with Crippen LogP contribution in [0.2, 0.25) is 0 Å². The molecule has 140 valence electrons. The Labute approximate surface area is 149 Å². The van der Waals surface area contributed by atoms with Crippen molar-refractivity contribution in [2.45, 2.75) is 26.1 Å². The standard InChI is InChI=1S/C18H19F3N2O3/c1-4-9-23-11(3)14(16(24)26-5-2)15(22-17(23)25)12-7-6-8-13(10-12)18(19,20)21/h4,6-8,10,15H,1,5,9H2,2-3H3,(H,22,25)/t15-/m1/s1. The Morgan fingerprint density at radius 3 is 2.69 bits per heavy atom. The van der Waals surface area contributed by atoms with Crippen LogP contribution >= 0.6 is 0 Å². The molecule has 1 aromatic carbocycles. The van der Waals surface area contributed by atoms with Crippen LogP contribution in [0.15, 0.2) is 48.2 Å². The molecule has 0 spiro atoms.